The van der Waals surface area contributed by atoms with Crippen LogP contribution in [0, 0.1) is 23.7 Å². The molecule has 0 aliphatic heterocycles. The minimum Gasteiger partial charge on any atom is -0.409 e. The maximum atomic E-state index is 12.2. The van der Waals surface area contributed by atoms with Crippen LogP contribution in [0.15, 0.2) is 5.16 Å². The fourth-order valence-corrected chi connectivity index (χ4v) is 2.68. The molecule has 104 valence electrons. The molecule has 0 bridgehead atoms. The zero-order chi connectivity index (χ0) is 13.9. The van der Waals surface area contributed by atoms with E-state index in [9.17, 15) is 4.79 Å². The van der Waals surface area contributed by atoms with Gasteiger partial charge >= 0.3 is 0 Å². The fourth-order valence-electron chi connectivity index (χ4n) is 2.68. The summed E-state index contributed by atoms with van der Waals surface area (Å²) in [7, 11) is 0. The van der Waals surface area contributed by atoms with Crippen molar-refractivity contribution < 1.29 is 10.0 Å². The largest absolute Gasteiger partial charge is 0.409 e. The van der Waals surface area contributed by atoms with Crippen LogP contribution < -0.4 is 11.1 Å². The average molecular weight is 255 g/mol. The Balaban J connectivity index is 2.68. The molecule has 0 heterocycles. The molecular weight excluding hydrogens is 230 g/mol. The molecule has 0 aromatic heterocycles. The monoisotopic (exact) mass is 255 g/mol. The molecule has 1 amide bonds. The molecule has 1 aliphatic carbocycles. The average Bonchev–Trinajstić information content (AvgIpc) is 2.60. The Labute approximate surface area is 109 Å². The highest BCUT2D eigenvalue weighted by molar-refractivity contribution is 6.02. The zero-order valence-corrected chi connectivity index (χ0v) is 11.7. The molecule has 4 N–H and O–H groups in total. The number of rotatable bonds is 4. The highest BCUT2D eigenvalue weighted by Gasteiger charge is 2.34. The molecule has 1 fully saturated rings. The van der Waals surface area contributed by atoms with E-state index in [1.165, 1.54) is 0 Å². The van der Waals surface area contributed by atoms with Crippen molar-refractivity contribution in [2.45, 2.75) is 46.6 Å². The van der Waals surface area contributed by atoms with Crippen LogP contribution in [-0.2, 0) is 4.79 Å². The molecular formula is C13H25N3O2. The van der Waals surface area contributed by atoms with Crippen LogP contribution in [0.2, 0.25) is 0 Å². The first kappa shape index (κ1) is 14.8. The Hall–Kier alpha value is -1.26. The Kier molecular flexibility index (Phi) is 4.99. The molecule has 5 nitrogen and oxygen atoms in total. The number of amides is 1. The topological polar surface area (TPSA) is 87.7 Å². The normalized spacial score (nSPS) is 30.5. The quantitative estimate of drug-likeness (QED) is 0.308. The van der Waals surface area contributed by atoms with Crippen LogP contribution in [-0.4, -0.2) is 23.0 Å². The molecule has 1 saturated carbocycles. The van der Waals surface area contributed by atoms with Gasteiger partial charge in [-0.05, 0) is 30.6 Å². The van der Waals surface area contributed by atoms with Gasteiger partial charge in [0, 0.05) is 6.04 Å². The predicted octanol–water partition coefficient (Wildman–Crippen LogP) is 1.56. The highest BCUT2D eigenvalue weighted by Crippen LogP contribution is 2.31. The summed E-state index contributed by atoms with van der Waals surface area (Å²) in [5.41, 5.74) is 5.59. The van der Waals surface area contributed by atoms with Crippen LogP contribution in [0.4, 0.5) is 0 Å². The van der Waals surface area contributed by atoms with Crippen molar-refractivity contribution in [3.63, 3.8) is 0 Å². The van der Waals surface area contributed by atoms with Crippen molar-refractivity contribution in [2.24, 2.45) is 34.6 Å². The maximum absolute atomic E-state index is 12.2. The van der Waals surface area contributed by atoms with Crippen LogP contribution in [0.25, 0.3) is 0 Å². The molecule has 4 unspecified atom stereocenters. The Bertz CT molecular complexity index is 328. The van der Waals surface area contributed by atoms with Gasteiger partial charge in [-0.1, -0.05) is 32.9 Å². The van der Waals surface area contributed by atoms with Gasteiger partial charge in [0.1, 0.15) is 5.92 Å². The van der Waals surface area contributed by atoms with Crippen LogP contribution in [0.3, 0.4) is 0 Å². The van der Waals surface area contributed by atoms with Gasteiger partial charge in [-0.25, -0.2) is 0 Å². The second-order valence-corrected chi connectivity index (χ2v) is 5.78. The van der Waals surface area contributed by atoms with Gasteiger partial charge in [0.2, 0.25) is 5.91 Å². The van der Waals surface area contributed by atoms with Crippen LogP contribution in [0.5, 0.6) is 0 Å². The predicted molar refractivity (Wildman–Crippen MR) is 71.2 cm³/mol. The van der Waals surface area contributed by atoms with Crippen molar-refractivity contribution in [1.82, 2.24) is 5.32 Å². The number of carbonyl (C=O) groups excluding carboxylic acids is 1. The molecule has 1 rings (SSSR count). The lowest BCUT2D eigenvalue weighted by Gasteiger charge is -2.24. The van der Waals surface area contributed by atoms with E-state index in [1.807, 2.05) is 13.8 Å². The van der Waals surface area contributed by atoms with Crippen molar-refractivity contribution in [2.75, 3.05) is 0 Å². The summed E-state index contributed by atoms with van der Waals surface area (Å²) in [6.07, 6.45) is 2.15. The van der Waals surface area contributed by atoms with E-state index in [1.54, 1.807) is 0 Å². The standard InChI is InChI=1S/C13H25N3O2/c1-7(2)11(12(14)16-18)13(17)15-10-6-5-8(3)9(10)4/h7-11,18H,5-6H2,1-4H3,(H2,14,16)(H,15,17). The molecule has 0 aromatic carbocycles. The molecule has 0 saturated heterocycles. The minimum atomic E-state index is -0.557. The minimum absolute atomic E-state index is 0.00929. The zero-order valence-electron chi connectivity index (χ0n) is 11.7. The first-order valence-corrected chi connectivity index (χ1v) is 6.66. The molecule has 0 radical (unpaired) electrons. The van der Waals surface area contributed by atoms with Crippen molar-refractivity contribution in [1.29, 1.82) is 0 Å². The van der Waals surface area contributed by atoms with Gasteiger partial charge in [-0.15, -0.1) is 0 Å². The van der Waals surface area contributed by atoms with E-state index < -0.39 is 5.92 Å². The lowest BCUT2D eigenvalue weighted by molar-refractivity contribution is -0.125. The van der Waals surface area contributed by atoms with E-state index in [-0.39, 0.29) is 23.7 Å². The van der Waals surface area contributed by atoms with E-state index in [4.69, 9.17) is 10.9 Å². The van der Waals surface area contributed by atoms with Gasteiger partial charge < -0.3 is 16.3 Å². The summed E-state index contributed by atoms with van der Waals surface area (Å²) in [6.45, 7) is 8.16. The summed E-state index contributed by atoms with van der Waals surface area (Å²) < 4.78 is 0. The summed E-state index contributed by atoms with van der Waals surface area (Å²) in [6, 6.07) is 0.209. The number of amidine groups is 1. The Morgan fingerprint density at radius 1 is 1.39 bits per heavy atom. The van der Waals surface area contributed by atoms with E-state index in [0.29, 0.717) is 11.8 Å². The highest BCUT2D eigenvalue weighted by atomic mass is 16.4. The number of hydrogen-bond donors (Lipinski definition) is 3. The molecule has 1 aliphatic rings. The number of nitrogens with two attached hydrogens (primary N) is 1. The number of carbonyl (C=O) groups is 1. The number of nitrogens with zero attached hydrogens (tertiary/aromatic N) is 1. The van der Waals surface area contributed by atoms with Gasteiger partial charge in [-0.2, -0.15) is 0 Å². The van der Waals surface area contributed by atoms with Crippen LogP contribution >= 0.6 is 0 Å². The molecule has 5 heteroatoms. The maximum Gasteiger partial charge on any atom is 0.231 e. The second kappa shape index (κ2) is 6.07. The Morgan fingerprint density at radius 3 is 2.39 bits per heavy atom. The van der Waals surface area contributed by atoms with Gasteiger partial charge in [-0.3, -0.25) is 4.79 Å². The van der Waals surface area contributed by atoms with E-state index in [0.717, 1.165) is 12.8 Å². The SMILES string of the molecule is CC(C)C(C(=O)NC1CCC(C)C1C)C(N)=NO. The third kappa shape index (κ3) is 3.15. The number of oxime groups is 1. The van der Waals surface area contributed by atoms with E-state index in [2.05, 4.69) is 24.3 Å². The molecule has 0 spiro atoms. The van der Waals surface area contributed by atoms with E-state index >= 15 is 0 Å². The van der Waals surface area contributed by atoms with Crippen molar-refractivity contribution in [3.05, 3.63) is 0 Å². The van der Waals surface area contributed by atoms with Crippen molar-refractivity contribution >= 4 is 11.7 Å². The lowest BCUT2D eigenvalue weighted by Crippen LogP contribution is -2.46. The number of nitrogens with one attached hydrogen (secondary N) is 1. The third-order valence-electron chi connectivity index (χ3n) is 4.18. The number of hydrogen-bond acceptors (Lipinski definition) is 3. The third-order valence-corrected chi connectivity index (χ3v) is 4.18. The van der Waals surface area contributed by atoms with Crippen molar-refractivity contribution in [3.8, 4) is 0 Å². The first-order valence-electron chi connectivity index (χ1n) is 6.66. The summed E-state index contributed by atoms with van der Waals surface area (Å²) in [5.74, 6) is 0.422. The molecule has 0 aromatic rings. The Morgan fingerprint density at radius 2 is 2.00 bits per heavy atom. The summed E-state index contributed by atoms with van der Waals surface area (Å²) in [5, 5.41) is 14.8. The van der Waals surface area contributed by atoms with Gasteiger partial charge in [0.15, 0.2) is 5.84 Å². The molecule has 4 atom stereocenters. The van der Waals surface area contributed by atoms with Crippen LogP contribution in [0.1, 0.15) is 40.5 Å². The second-order valence-electron chi connectivity index (χ2n) is 5.78. The summed E-state index contributed by atoms with van der Waals surface area (Å²) >= 11 is 0. The summed E-state index contributed by atoms with van der Waals surface area (Å²) in [4.78, 5) is 12.2. The molecule has 18 heavy (non-hydrogen) atoms. The first-order chi connectivity index (χ1) is 8.38. The van der Waals surface area contributed by atoms with Gasteiger partial charge in [0.25, 0.3) is 0 Å². The lowest BCUT2D eigenvalue weighted by atomic mass is 9.92. The smallest absolute Gasteiger partial charge is 0.231 e. The fraction of sp³-hybridized carbons (Fsp3) is 0.846. The van der Waals surface area contributed by atoms with Gasteiger partial charge in [0.05, 0.1) is 0 Å².